The molecule has 1 amide bonds. The molecule has 0 aliphatic heterocycles. The Labute approximate surface area is 153 Å². The standard InChI is InChI=1S/C17H16BrClN2O3/c1-2-23-14-6-3-12(4-7-14)10-20-21-17(22)11-24-16-8-5-13(19)9-15(16)18/h3-10H,2,11H2,1H3,(H,21,22). The summed E-state index contributed by atoms with van der Waals surface area (Å²) in [5.74, 6) is 0.963. The Bertz CT molecular complexity index is 720. The van der Waals surface area contributed by atoms with Gasteiger partial charge in [0, 0.05) is 5.02 Å². The van der Waals surface area contributed by atoms with Crippen molar-refractivity contribution in [2.24, 2.45) is 5.10 Å². The van der Waals surface area contributed by atoms with Crippen LogP contribution in [-0.2, 0) is 4.79 Å². The number of hydrazone groups is 1. The highest BCUT2D eigenvalue weighted by Gasteiger charge is 2.05. The second-order valence-electron chi connectivity index (χ2n) is 4.66. The quantitative estimate of drug-likeness (QED) is 0.553. The first-order chi connectivity index (χ1) is 11.6. The van der Waals surface area contributed by atoms with E-state index >= 15 is 0 Å². The van der Waals surface area contributed by atoms with E-state index in [1.54, 1.807) is 24.4 Å². The molecule has 24 heavy (non-hydrogen) atoms. The van der Waals surface area contributed by atoms with Crippen LogP contribution in [-0.4, -0.2) is 25.3 Å². The number of nitrogens with zero attached hydrogens (tertiary/aromatic N) is 1. The monoisotopic (exact) mass is 410 g/mol. The Morgan fingerprint density at radius 3 is 2.67 bits per heavy atom. The fourth-order valence-corrected chi connectivity index (χ4v) is 2.56. The molecule has 0 heterocycles. The van der Waals surface area contributed by atoms with Crippen LogP contribution in [0.25, 0.3) is 0 Å². The Kier molecular flexibility index (Phi) is 7.08. The molecule has 5 nitrogen and oxygen atoms in total. The van der Waals surface area contributed by atoms with Gasteiger partial charge in [-0.1, -0.05) is 11.6 Å². The summed E-state index contributed by atoms with van der Waals surface area (Å²) >= 11 is 9.16. The highest BCUT2D eigenvalue weighted by molar-refractivity contribution is 9.10. The van der Waals surface area contributed by atoms with Gasteiger partial charge in [0.05, 0.1) is 17.3 Å². The zero-order chi connectivity index (χ0) is 17.4. The van der Waals surface area contributed by atoms with Crippen LogP contribution in [0.3, 0.4) is 0 Å². The van der Waals surface area contributed by atoms with E-state index in [1.807, 2.05) is 31.2 Å². The third-order valence-corrected chi connectivity index (χ3v) is 3.70. The Balaban J connectivity index is 1.80. The van der Waals surface area contributed by atoms with Crippen molar-refractivity contribution in [1.82, 2.24) is 5.43 Å². The van der Waals surface area contributed by atoms with Crippen molar-refractivity contribution in [2.45, 2.75) is 6.92 Å². The van der Waals surface area contributed by atoms with Gasteiger partial charge in [-0.05, 0) is 70.9 Å². The summed E-state index contributed by atoms with van der Waals surface area (Å²) in [4.78, 5) is 11.7. The minimum atomic E-state index is -0.362. The summed E-state index contributed by atoms with van der Waals surface area (Å²) in [5, 5.41) is 4.47. The lowest BCUT2D eigenvalue weighted by molar-refractivity contribution is -0.123. The number of carbonyl (C=O) groups excluding carboxylic acids is 1. The third-order valence-electron chi connectivity index (χ3n) is 2.85. The highest BCUT2D eigenvalue weighted by Crippen LogP contribution is 2.27. The minimum absolute atomic E-state index is 0.152. The smallest absolute Gasteiger partial charge is 0.277 e. The van der Waals surface area contributed by atoms with Crippen LogP contribution in [0.15, 0.2) is 52.0 Å². The van der Waals surface area contributed by atoms with Crippen LogP contribution in [0.2, 0.25) is 5.02 Å². The van der Waals surface area contributed by atoms with Gasteiger partial charge in [0.25, 0.3) is 5.91 Å². The molecule has 2 aromatic rings. The normalized spacial score (nSPS) is 10.6. The zero-order valence-corrected chi connectivity index (χ0v) is 15.3. The number of rotatable bonds is 7. The molecule has 0 fully saturated rings. The molecule has 0 saturated carbocycles. The number of nitrogens with one attached hydrogen (secondary N) is 1. The maximum atomic E-state index is 11.7. The van der Waals surface area contributed by atoms with Crippen molar-refractivity contribution in [3.8, 4) is 11.5 Å². The van der Waals surface area contributed by atoms with Crippen molar-refractivity contribution < 1.29 is 14.3 Å². The second kappa shape index (κ2) is 9.30. The number of hydrogen-bond acceptors (Lipinski definition) is 4. The predicted octanol–water partition coefficient (Wildman–Crippen LogP) is 4.03. The zero-order valence-electron chi connectivity index (χ0n) is 13.0. The summed E-state index contributed by atoms with van der Waals surface area (Å²) in [6.07, 6.45) is 1.55. The van der Waals surface area contributed by atoms with E-state index in [1.165, 1.54) is 0 Å². The molecule has 0 aliphatic carbocycles. The second-order valence-corrected chi connectivity index (χ2v) is 5.95. The van der Waals surface area contributed by atoms with E-state index in [-0.39, 0.29) is 12.5 Å². The van der Waals surface area contributed by atoms with E-state index in [2.05, 4.69) is 26.5 Å². The molecule has 0 radical (unpaired) electrons. The maximum Gasteiger partial charge on any atom is 0.277 e. The van der Waals surface area contributed by atoms with Gasteiger partial charge in [-0.2, -0.15) is 5.10 Å². The lowest BCUT2D eigenvalue weighted by atomic mass is 10.2. The molecule has 0 saturated heterocycles. The van der Waals surface area contributed by atoms with Crippen molar-refractivity contribution >= 4 is 39.7 Å². The first-order valence-corrected chi connectivity index (χ1v) is 8.38. The molecule has 0 spiro atoms. The average Bonchev–Trinajstić information content (AvgIpc) is 2.56. The molecular formula is C17H16BrClN2O3. The molecule has 126 valence electrons. The van der Waals surface area contributed by atoms with Gasteiger partial charge in [0.2, 0.25) is 0 Å². The van der Waals surface area contributed by atoms with Crippen molar-refractivity contribution in [1.29, 1.82) is 0 Å². The van der Waals surface area contributed by atoms with Crippen molar-refractivity contribution in [3.63, 3.8) is 0 Å². The number of halogens is 2. The molecule has 2 rings (SSSR count). The van der Waals surface area contributed by atoms with E-state index in [9.17, 15) is 4.79 Å². The lowest BCUT2D eigenvalue weighted by Crippen LogP contribution is -2.24. The van der Waals surface area contributed by atoms with Crippen LogP contribution in [0.1, 0.15) is 12.5 Å². The molecule has 2 aromatic carbocycles. The fraction of sp³-hybridized carbons (Fsp3) is 0.176. The molecule has 0 aromatic heterocycles. The van der Waals surface area contributed by atoms with Crippen molar-refractivity contribution in [2.75, 3.05) is 13.2 Å². The summed E-state index contributed by atoms with van der Waals surface area (Å²) in [7, 11) is 0. The Morgan fingerprint density at radius 1 is 1.25 bits per heavy atom. The maximum absolute atomic E-state index is 11.7. The number of hydrogen-bond donors (Lipinski definition) is 1. The Morgan fingerprint density at radius 2 is 2.00 bits per heavy atom. The Hall–Kier alpha value is -2.05. The summed E-state index contributed by atoms with van der Waals surface area (Å²) in [6, 6.07) is 12.4. The van der Waals surface area contributed by atoms with Crippen LogP contribution < -0.4 is 14.9 Å². The largest absolute Gasteiger partial charge is 0.494 e. The SMILES string of the molecule is CCOc1ccc(C=NNC(=O)COc2ccc(Cl)cc2Br)cc1. The molecule has 0 unspecified atom stereocenters. The molecule has 0 aliphatic rings. The molecule has 7 heteroatoms. The van der Waals surface area contributed by atoms with E-state index < -0.39 is 0 Å². The fourth-order valence-electron chi connectivity index (χ4n) is 1.76. The van der Waals surface area contributed by atoms with Gasteiger partial charge in [-0.3, -0.25) is 4.79 Å². The highest BCUT2D eigenvalue weighted by atomic mass is 79.9. The minimum Gasteiger partial charge on any atom is -0.494 e. The first-order valence-electron chi connectivity index (χ1n) is 7.21. The molecular weight excluding hydrogens is 396 g/mol. The topological polar surface area (TPSA) is 59.9 Å². The van der Waals surface area contributed by atoms with Gasteiger partial charge in [-0.25, -0.2) is 5.43 Å². The molecule has 1 N–H and O–H groups in total. The molecule has 0 atom stereocenters. The predicted molar refractivity (Wildman–Crippen MR) is 98.0 cm³/mol. The van der Waals surface area contributed by atoms with E-state index in [0.717, 1.165) is 11.3 Å². The summed E-state index contributed by atoms with van der Waals surface area (Å²) in [6.45, 7) is 2.39. The van der Waals surface area contributed by atoms with Gasteiger partial charge in [-0.15, -0.1) is 0 Å². The lowest BCUT2D eigenvalue weighted by Gasteiger charge is -2.07. The van der Waals surface area contributed by atoms with Gasteiger partial charge >= 0.3 is 0 Å². The van der Waals surface area contributed by atoms with Gasteiger partial charge in [0.15, 0.2) is 6.61 Å². The first kappa shape index (κ1) is 18.3. The van der Waals surface area contributed by atoms with Gasteiger partial charge in [0.1, 0.15) is 11.5 Å². The summed E-state index contributed by atoms with van der Waals surface area (Å²) in [5.41, 5.74) is 3.25. The number of ether oxygens (including phenoxy) is 2. The van der Waals surface area contributed by atoms with Crippen molar-refractivity contribution in [3.05, 3.63) is 57.5 Å². The van der Waals surface area contributed by atoms with E-state index in [0.29, 0.717) is 21.9 Å². The third kappa shape index (κ3) is 5.86. The number of amides is 1. The summed E-state index contributed by atoms with van der Waals surface area (Å²) < 4.78 is 11.4. The van der Waals surface area contributed by atoms with Crippen LogP contribution in [0, 0.1) is 0 Å². The number of benzene rings is 2. The van der Waals surface area contributed by atoms with Crippen LogP contribution in [0.5, 0.6) is 11.5 Å². The van der Waals surface area contributed by atoms with Crippen LogP contribution >= 0.6 is 27.5 Å². The van der Waals surface area contributed by atoms with Crippen LogP contribution in [0.4, 0.5) is 0 Å². The number of carbonyl (C=O) groups is 1. The van der Waals surface area contributed by atoms with Gasteiger partial charge < -0.3 is 9.47 Å². The molecule has 0 bridgehead atoms. The van der Waals surface area contributed by atoms with E-state index in [4.69, 9.17) is 21.1 Å². The average molecular weight is 412 g/mol.